The van der Waals surface area contributed by atoms with Crippen LogP contribution in [-0.2, 0) is 4.79 Å². The Morgan fingerprint density at radius 3 is 2.88 bits per heavy atom. The van der Waals surface area contributed by atoms with Gasteiger partial charge in [-0.1, -0.05) is 17.7 Å². The lowest BCUT2D eigenvalue weighted by molar-refractivity contribution is -0.137. The van der Waals surface area contributed by atoms with E-state index in [4.69, 9.17) is 21.4 Å². The molecule has 0 unspecified atom stereocenters. The van der Waals surface area contributed by atoms with Crippen molar-refractivity contribution < 1.29 is 14.6 Å². The Morgan fingerprint density at radius 2 is 2.19 bits per heavy atom. The molecule has 0 fully saturated rings. The van der Waals surface area contributed by atoms with Gasteiger partial charge in [-0.25, -0.2) is 0 Å². The van der Waals surface area contributed by atoms with Gasteiger partial charge in [-0.3, -0.25) is 4.79 Å². The quantitative estimate of drug-likeness (QED) is 0.779. The maximum absolute atomic E-state index is 10.3. The summed E-state index contributed by atoms with van der Waals surface area (Å²) in [7, 11) is 0. The van der Waals surface area contributed by atoms with Crippen molar-refractivity contribution in [1.82, 2.24) is 0 Å². The summed E-state index contributed by atoms with van der Waals surface area (Å²) >= 11 is 5.94. The molecule has 0 aliphatic carbocycles. The van der Waals surface area contributed by atoms with E-state index in [1.54, 1.807) is 6.07 Å². The molecule has 0 amide bonds. The maximum Gasteiger partial charge on any atom is 0.303 e. The van der Waals surface area contributed by atoms with E-state index < -0.39 is 5.97 Å². The molecule has 0 heterocycles. The normalized spacial score (nSPS) is 10.1. The van der Waals surface area contributed by atoms with Crippen molar-refractivity contribution >= 4 is 17.6 Å². The van der Waals surface area contributed by atoms with Crippen molar-refractivity contribution in [2.45, 2.75) is 26.2 Å². The fraction of sp³-hybridized carbons (Fsp3) is 0.417. The highest BCUT2D eigenvalue weighted by Crippen LogP contribution is 2.25. The molecule has 88 valence electrons. The highest BCUT2D eigenvalue weighted by molar-refractivity contribution is 6.32. The summed E-state index contributed by atoms with van der Waals surface area (Å²) in [6, 6.07) is 5.59. The SMILES string of the molecule is Cc1ccc(Cl)c(OCCCCC(=O)O)c1. The number of hydrogen-bond acceptors (Lipinski definition) is 2. The molecule has 0 bridgehead atoms. The molecule has 0 aromatic heterocycles. The maximum atomic E-state index is 10.3. The van der Waals surface area contributed by atoms with E-state index >= 15 is 0 Å². The van der Waals surface area contributed by atoms with Gasteiger partial charge >= 0.3 is 5.97 Å². The molecule has 1 aromatic carbocycles. The zero-order valence-corrected chi connectivity index (χ0v) is 9.96. The summed E-state index contributed by atoms with van der Waals surface area (Å²) in [5.41, 5.74) is 1.09. The third kappa shape index (κ3) is 4.53. The number of halogens is 1. The Hall–Kier alpha value is -1.22. The van der Waals surface area contributed by atoms with E-state index in [1.165, 1.54) is 0 Å². The van der Waals surface area contributed by atoms with Crippen LogP contribution in [0.2, 0.25) is 5.02 Å². The number of rotatable bonds is 6. The first-order valence-electron chi connectivity index (χ1n) is 5.20. The van der Waals surface area contributed by atoms with Crippen molar-refractivity contribution in [3.63, 3.8) is 0 Å². The average Bonchev–Trinajstić information content (AvgIpc) is 2.22. The number of carbonyl (C=O) groups is 1. The zero-order chi connectivity index (χ0) is 12.0. The monoisotopic (exact) mass is 242 g/mol. The molecular formula is C12H15ClO3. The van der Waals surface area contributed by atoms with Crippen molar-refractivity contribution in [2.24, 2.45) is 0 Å². The molecule has 0 aliphatic heterocycles. The fourth-order valence-corrected chi connectivity index (χ4v) is 1.45. The summed E-state index contributed by atoms with van der Waals surface area (Å²) in [5, 5.41) is 9.04. The summed E-state index contributed by atoms with van der Waals surface area (Å²) < 4.78 is 5.47. The number of ether oxygens (including phenoxy) is 1. The van der Waals surface area contributed by atoms with Crippen molar-refractivity contribution in [3.05, 3.63) is 28.8 Å². The van der Waals surface area contributed by atoms with Gasteiger partial charge in [0.05, 0.1) is 11.6 Å². The van der Waals surface area contributed by atoms with Gasteiger partial charge in [-0.2, -0.15) is 0 Å². The van der Waals surface area contributed by atoms with Gasteiger partial charge in [-0.15, -0.1) is 0 Å². The topological polar surface area (TPSA) is 46.5 Å². The Labute approximate surface area is 100.0 Å². The molecular weight excluding hydrogens is 228 g/mol. The van der Waals surface area contributed by atoms with Crippen LogP contribution >= 0.6 is 11.6 Å². The second-order valence-electron chi connectivity index (χ2n) is 3.63. The Balaban J connectivity index is 2.31. The first-order valence-corrected chi connectivity index (χ1v) is 5.58. The number of carboxylic acid groups (broad SMARTS) is 1. The van der Waals surface area contributed by atoms with Crippen LogP contribution in [-0.4, -0.2) is 17.7 Å². The van der Waals surface area contributed by atoms with Gasteiger partial charge in [-0.05, 0) is 37.5 Å². The number of carboxylic acids is 1. The van der Waals surface area contributed by atoms with Crippen LogP contribution < -0.4 is 4.74 Å². The highest BCUT2D eigenvalue weighted by atomic mass is 35.5. The minimum atomic E-state index is -0.770. The largest absolute Gasteiger partial charge is 0.492 e. The molecule has 0 saturated heterocycles. The Kier molecular flexibility index (Phi) is 5.12. The van der Waals surface area contributed by atoms with Gasteiger partial charge < -0.3 is 9.84 Å². The summed E-state index contributed by atoms with van der Waals surface area (Å²) in [4.78, 5) is 10.3. The van der Waals surface area contributed by atoms with E-state index in [1.807, 2.05) is 19.1 Å². The lowest BCUT2D eigenvalue weighted by Gasteiger charge is -2.08. The standard InChI is InChI=1S/C12H15ClO3/c1-9-5-6-10(13)11(8-9)16-7-3-2-4-12(14)15/h5-6,8H,2-4,7H2,1H3,(H,14,15). The molecule has 0 aliphatic rings. The number of aryl methyl sites for hydroxylation is 1. The van der Waals surface area contributed by atoms with Crippen molar-refractivity contribution in [2.75, 3.05) is 6.61 Å². The highest BCUT2D eigenvalue weighted by Gasteiger charge is 2.02. The molecule has 1 N–H and O–H groups in total. The van der Waals surface area contributed by atoms with Crippen LogP contribution in [0.4, 0.5) is 0 Å². The summed E-state index contributed by atoms with van der Waals surface area (Å²) in [6.07, 6.45) is 1.53. The van der Waals surface area contributed by atoms with Gasteiger partial charge in [0.15, 0.2) is 0 Å². The number of benzene rings is 1. The number of unbranched alkanes of at least 4 members (excludes halogenated alkanes) is 1. The number of aliphatic carboxylic acids is 1. The zero-order valence-electron chi connectivity index (χ0n) is 9.20. The molecule has 4 heteroatoms. The first kappa shape index (κ1) is 12.8. The Morgan fingerprint density at radius 1 is 1.44 bits per heavy atom. The summed E-state index contributed by atoms with van der Waals surface area (Å²) in [6.45, 7) is 2.46. The first-order chi connectivity index (χ1) is 7.59. The van der Waals surface area contributed by atoms with Gasteiger partial charge in [0, 0.05) is 6.42 Å². The summed E-state index contributed by atoms with van der Waals surface area (Å²) in [5.74, 6) is -0.106. The second-order valence-corrected chi connectivity index (χ2v) is 4.04. The van der Waals surface area contributed by atoms with E-state index in [9.17, 15) is 4.79 Å². The van der Waals surface area contributed by atoms with E-state index in [0.29, 0.717) is 23.8 Å². The lowest BCUT2D eigenvalue weighted by Crippen LogP contribution is -2.00. The van der Waals surface area contributed by atoms with Gasteiger partial charge in [0.25, 0.3) is 0 Å². The van der Waals surface area contributed by atoms with E-state index in [-0.39, 0.29) is 6.42 Å². The average molecular weight is 243 g/mol. The van der Waals surface area contributed by atoms with Crippen LogP contribution in [0.1, 0.15) is 24.8 Å². The molecule has 0 radical (unpaired) electrons. The smallest absolute Gasteiger partial charge is 0.303 e. The molecule has 0 atom stereocenters. The predicted octanol–water partition coefficient (Wildman–Crippen LogP) is 3.28. The molecule has 16 heavy (non-hydrogen) atoms. The lowest BCUT2D eigenvalue weighted by atomic mass is 10.2. The molecule has 1 aromatic rings. The third-order valence-corrected chi connectivity index (χ3v) is 2.44. The van der Waals surface area contributed by atoms with Crippen LogP contribution in [0.3, 0.4) is 0 Å². The molecule has 1 rings (SSSR count). The number of hydrogen-bond donors (Lipinski definition) is 1. The molecule has 3 nitrogen and oxygen atoms in total. The molecule has 0 spiro atoms. The second kappa shape index (κ2) is 6.38. The Bertz CT molecular complexity index is 363. The van der Waals surface area contributed by atoms with Crippen LogP contribution in [0.25, 0.3) is 0 Å². The third-order valence-electron chi connectivity index (χ3n) is 2.13. The van der Waals surface area contributed by atoms with Gasteiger partial charge in [0.1, 0.15) is 5.75 Å². The van der Waals surface area contributed by atoms with E-state index in [2.05, 4.69) is 0 Å². The van der Waals surface area contributed by atoms with Crippen LogP contribution in [0, 0.1) is 6.92 Å². The van der Waals surface area contributed by atoms with Crippen LogP contribution in [0.15, 0.2) is 18.2 Å². The van der Waals surface area contributed by atoms with Crippen molar-refractivity contribution in [3.8, 4) is 5.75 Å². The predicted molar refractivity (Wildman–Crippen MR) is 63.2 cm³/mol. The van der Waals surface area contributed by atoms with Gasteiger partial charge in [0.2, 0.25) is 0 Å². The van der Waals surface area contributed by atoms with Crippen LogP contribution in [0.5, 0.6) is 5.75 Å². The van der Waals surface area contributed by atoms with Crippen molar-refractivity contribution in [1.29, 1.82) is 0 Å². The fourth-order valence-electron chi connectivity index (χ4n) is 1.28. The minimum absolute atomic E-state index is 0.185. The van der Waals surface area contributed by atoms with E-state index in [0.717, 1.165) is 12.0 Å². The minimum Gasteiger partial charge on any atom is -0.492 e. The molecule has 0 saturated carbocycles.